The van der Waals surface area contributed by atoms with Crippen LogP contribution in [0.15, 0.2) is 22.8 Å². The molecule has 0 aliphatic carbocycles. The average Bonchev–Trinajstić information content (AvgIpc) is 2.09. The largest absolute Gasteiger partial charge is 0.374 e. The highest BCUT2D eigenvalue weighted by molar-refractivity contribution is 9.10. The molecule has 3 nitrogen and oxygen atoms in total. The molecule has 1 rings (SSSR count). The number of rotatable bonds is 4. The number of pyridine rings is 1. The van der Waals surface area contributed by atoms with Gasteiger partial charge in [-0.15, -0.1) is 0 Å². The molecule has 0 radical (unpaired) electrons. The summed E-state index contributed by atoms with van der Waals surface area (Å²) in [6, 6.07) is 3.86. The lowest BCUT2D eigenvalue weighted by molar-refractivity contribution is 0.125. The Morgan fingerprint density at radius 2 is 2.33 bits per heavy atom. The zero-order chi connectivity index (χ0) is 8.81. The van der Waals surface area contributed by atoms with Gasteiger partial charge in [0.05, 0.1) is 18.9 Å². The summed E-state index contributed by atoms with van der Waals surface area (Å²) in [5.41, 5.74) is 6.19. The topological polar surface area (TPSA) is 48.1 Å². The monoisotopic (exact) mass is 230 g/mol. The van der Waals surface area contributed by atoms with Crippen LogP contribution in [0.5, 0.6) is 0 Å². The van der Waals surface area contributed by atoms with Gasteiger partial charge in [0.15, 0.2) is 0 Å². The van der Waals surface area contributed by atoms with E-state index >= 15 is 0 Å². The number of nitrogens with zero attached hydrogens (tertiary/aromatic N) is 1. The second-order valence-corrected chi connectivity index (χ2v) is 3.22. The van der Waals surface area contributed by atoms with Crippen LogP contribution in [0.1, 0.15) is 5.69 Å². The van der Waals surface area contributed by atoms with Crippen molar-refractivity contribution in [3.8, 4) is 0 Å². The van der Waals surface area contributed by atoms with Crippen molar-refractivity contribution in [1.29, 1.82) is 0 Å². The van der Waals surface area contributed by atoms with Crippen molar-refractivity contribution in [1.82, 2.24) is 4.98 Å². The van der Waals surface area contributed by atoms with Crippen LogP contribution in [0, 0.1) is 0 Å². The summed E-state index contributed by atoms with van der Waals surface area (Å²) in [4.78, 5) is 4.14. The molecule has 1 aromatic rings. The quantitative estimate of drug-likeness (QED) is 0.795. The van der Waals surface area contributed by atoms with Gasteiger partial charge < -0.3 is 10.5 Å². The minimum Gasteiger partial charge on any atom is -0.374 e. The normalized spacial score (nSPS) is 10.2. The standard InChI is InChI=1S/C8H11BrN2O/c9-7-1-2-8(11-5-7)6-12-4-3-10/h1-2,5H,3-4,6,10H2. The Bertz CT molecular complexity index is 225. The van der Waals surface area contributed by atoms with Crippen molar-refractivity contribution in [2.45, 2.75) is 6.61 Å². The van der Waals surface area contributed by atoms with E-state index in [-0.39, 0.29) is 0 Å². The molecule has 0 aliphatic heterocycles. The van der Waals surface area contributed by atoms with E-state index in [0.29, 0.717) is 19.8 Å². The molecule has 0 amide bonds. The molecule has 0 fully saturated rings. The van der Waals surface area contributed by atoms with Crippen LogP contribution < -0.4 is 5.73 Å². The van der Waals surface area contributed by atoms with Gasteiger partial charge in [-0.3, -0.25) is 4.98 Å². The van der Waals surface area contributed by atoms with E-state index in [1.54, 1.807) is 6.20 Å². The first-order valence-corrected chi connectivity index (χ1v) is 4.50. The predicted octanol–water partition coefficient (Wildman–Crippen LogP) is 1.32. The van der Waals surface area contributed by atoms with Gasteiger partial charge in [-0.05, 0) is 28.1 Å². The van der Waals surface area contributed by atoms with Gasteiger partial charge in [-0.1, -0.05) is 0 Å². The van der Waals surface area contributed by atoms with E-state index in [1.165, 1.54) is 0 Å². The van der Waals surface area contributed by atoms with E-state index < -0.39 is 0 Å². The van der Waals surface area contributed by atoms with Gasteiger partial charge in [0.25, 0.3) is 0 Å². The summed E-state index contributed by atoms with van der Waals surface area (Å²) >= 11 is 3.30. The van der Waals surface area contributed by atoms with Gasteiger partial charge in [0, 0.05) is 17.2 Å². The third kappa shape index (κ3) is 3.30. The summed E-state index contributed by atoms with van der Waals surface area (Å²) in [6.07, 6.45) is 1.75. The fraction of sp³-hybridized carbons (Fsp3) is 0.375. The maximum atomic E-state index is 5.26. The Labute approximate surface area is 80.1 Å². The van der Waals surface area contributed by atoms with Crippen molar-refractivity contribution < 1.29 is 4.74 Å². The van der Waals surface area contributed by atoms with Crippen molar-refractivity contribution in [3.05, 3.63) is 28.5 Å². The molecule has 1 heterocycles. The molecule has 66 valence electrons. The number of nitrogens with two attached hydrogens (primary N) is 1. The number of ether oxygens (including phenoxy) is 1. The predicted molar refractivity (Wildman–Crippen MR) is 50.6 cm³/mol. The van der Waals surface area contributed by atoms with Crippen molar-refractivity contribution in [2.24, 2.45) is 5.73 Å². The van der Waals surface area contributed by atoms with Gasteiger partial charge in [0.2, 0.25) is 0 Å². The van der Waals surface area contributed by atoms with Crippen molar-refractivity contribution in [2.75, 3.05) is 13.2 Å². The fourth-order valence-electron chi connectivity index (χ4n) is 0.752. The number of hydrogen-bond donors (Lipinski definition) is 1. The average molecular weight is 231 g/mol. The van der Waals surface area contributed by atoms with Crippen molar-refractivity contribution in [3.63, 3.8) is 0 Å². The van der Waals surface area contributed by atoms with E-state index in [9.17, 15) is 0 Å². The minimum absolute atomic E-state index is 0.532. The van der Waals surface area contributed by atoms with Gasteiger partial charge >= 0.3 is 0 Å². The van der Waals surface area contributed by atoms with E-state index in [1.807, 2.05) is 12.1 Å². The lowest BCUT2D eigenvalue weighted by Gasteiger charge is -2.01. The molecule has 0 aliphatic rings. The van der Waals surface area contributed by atoms with Crippen LogP contribution in [-0.2, 0) is 11.3 Å². The maximum Gasteiger partial charge on any atom is 0.0888 e. The zero-order valence-corrected chi connectivity index (χ0v) is 8.25. The summed E-state index contributed by atoms with van der Waals surface area (Å²) in [7, 11) is 0. The lowest BCUT2D eigenvalue weighted by Crippen LogP contribution is -2.08. The van der Waals surface area contributed by atoms with Crippen LogP contribution >= 0.6 is 15.9 Å². The van der Waals surface area contributed by atoms with Crippen LogP contribution in [0.3, 0.4) is 0 Å². The first kappa shape index (κ1) is 9.64. The Hall–Kier alpha value is -0.450. The van der Waals surface area contributed by atoms with E-state index in [4.69, 9.17) is 10.5 Å². The molecule has 12 heavy (non-hydrogen) atoms. The third-order valence-electron chi connectivity index (χ3n) is 1.30. The summed E-state index contributed by atoms with van der Waals surface area (Å²) in [5, 5.41) is 0. The Kier molecular flexibility index (Phi) is 4.21. The first-order valence-electron chi connectivity index (χ1n) is 3.71. The molecule has 4 heteroatoms. The molecular formula is C8H11BrN2O. The summed E-state index contributed by atoms with van der Waals surface area (Å²) < 4.78 is 6.18. The molecule has 0 unspecified atom stereocenters. The summed E-state index contributed by atoms with van der Waals surface area (Å²) in [5.74, 6) is 0. The zero-order valence-electron chi connectivity index (χ0n) is 6.66. The molecule has 2 N–H and O–H groups in total. The highest BCUT2D eigenvalue weighted by Gasteiger charge is 1.93. The number of hydrogen-bond acceptors (Lipinski definition) is 3. The van der Waals surface area contributed by atoms with Crippen molar-refractivity contribution >= 4 is 15.9 Å². The smallest absolute Gasteiger partial charge is 0.0888 e. The van der Waals surface area contributed by atoms with Crippen LogP contribution in [0.25, 0.3) is 0 Å². The van der Waals surface area contributed by atoms with Crippen LogP contribution in [0.4, 0.5) is 0 Å². The van der Waals surface area contributed by atoms with E-state index in [0.717, 1.165) is 10.2 Å². The Morgan fingerprint density at radius 1 is 1.50 bits per heavy atom. The molecule has 0 saturated heterocycles. The number of aromatic nitrogens is 1. The first-order chi connectivity index (χ1) is 5.83. The van der Waals surface area contributed by atoms with Crippen LogP contribution in [0.2, 0.25) is 0 Å². The molecule has 0 spiro atoms. The third-order valence-corrected chi connectivity index (χ3v) is 1.77. The molecule has 0 aromatic carbocycles. The van der Waals surface area contributed by atoms with E-state index in [2.05, 4.69) is 20.9 Å². The van der Waals surface area contributed by atoms with Crippen LogP contribution in [-0.4, -0.2) is 18.1 Å². The second kappa shape index (κ2) is 5.24. The number of halogens is 1. The summed E-state index contributed by atoms with van der Waals surface area (Å²) in [6.45, 7) is 1.67. The SMILES string of the molecule is NCCOCc1ccc(Br)cn1. The fourth-order valence-corrected chi connectivity index (χ4v) is 0.986. The van der Waals surface area contributed by atoms with Gasteiger partial charge in [0.1, 0.15) is 0 Å². The second-order valence-electron chi connectivity index (χ2n) is 2.31. The Morgan fingerprint density at radius 3 is 2.92 bits per heavy atom. The maximum absolute atomic E-state index is 5.26. The highest BCUT2D eigenvalue weighted by atomic mass is 79.9. The van der Waals surface area contributed by atoms with Gasteiger partial charge in [-0.25, -0.2) is 0 Å². The molecule has 0 atom stereocenters. The molecule has 0 saturated carbocycles. The lowest BCUT2D eigenvalue weighted by atomic mass is 10.4. The highest BCUT2D eigenvalue weighted by Crippen LogP contribution is 2.07. The Balaban J connectivity index is 2.37. The molecular weight excluding hydrogens is 220 g/mol. The van der Waals surface area contributed by atoms with Gasteiger partial charge in [-0.2, -0.15) is 0 Å². The molecule has 1 aromatic heterocycles. The molecule has 0 bridgehead atoms. The minimum atomic E-state index is 0.532.